The van der Waals surface area contributed by atoms with Crippen molar-refractivity contribution in [3.05, 3.63) is 42.5 Å². The van der Waals surface area contributed by atoms with Crippen molar-refractivity contribution in [1.82, 2.24) is 0 Å². The summed E-state index contributed by atoms with van der Waals surface area (Å²) in [6.45, 7) is 2.62. The standard InChI is InChI=1S/C14H17N3O/c1-2-18-12-6-4-11(5-7-12)17-14-8-3-10(15)9-13(14)16/h3-9,17H,2,15-16H2,1H3. The quantitative estimate of drug-likeness (QED) is 0.722. The Morgan fingerprint density at radius 2 is 1.78 bits per heavy atom. The van der Waals surface area contributed by atoms with Gasteiger partial charge in [-0.05, 0) is 49.4 Å². The molecule has 2 rings (SSSR count). The van der Waals surface area contributed by atoms with E-state index in [1.165, 1.54) is 0 Å². The molecule has 0 heterocycles. The Bertz CT molecular complexity index is 523. The highest BCUT2D eigenvalue weighted by Gasteiger charge is 2.00. The summed E-state index contributed by atoms with van der Waals surface area (Å²) < 4.78 is 5.38. The van der Waals surface area contributed by atoms with E-state index < -0.39 is 0 Å². The maximum absolute atomic E-state index is 5.88. The number of ether oxygens (including phenoxy) is 1. The van der Waals surface area contributed by atoms with Gasteiger partial charge < -0.3 is 21.5 Å². The van der Waals surface area contributed by atoms with E-state index in [0.717, 1.165) is 17.1 Å². The number of anilines is 4. The minimum absolute atomic E-state index is 0.629. The summed E-state index contributed by atoms with van der Waals surface area (Å²) in [6.07, 6.45) is 0. The van der Waals surface area contributed by atoms with E-state index in [-0.39, 0.29) is 0 Å². The molecular formula is C14H17N3O. The van der Waals surface area contributed by atoms with Gasteiger partial charge in [0, 0.05) is 11.4 Å². The molecule has 94 valence electrons. The van der Waals surface area contributed by atoms with E-state index in [1.807, 2.05) is 43.3 Å². The summed E-state index contributed by atoms with van der Waals surface area (Å²) in [4.78, 5) is 0. The molecule has 0 aliphatic rings. The largest absolute Gasteiger partial charge is 0.494 e. The van der Waals surface area contributed by atoms with Crippen molar-refractivity contribution in [3.63, 3.8) is 0 Å². The third-order valence-corrected chi connectivity index (χ3v) is 2.52. The molecule has 0 fully saturated rings. The first kappa shape index (κ1) is 12.1. The van der Waals surface area contributed by atoms with Crippen LogP contribution in [0.2, 0.25) is 0 Å². The molecule has 0 saturated carbocycles. The molecule has 0 aliphatic heterocycles. The highest BCUT2D eigenvalue weighted by molar-refractivity contribution is 5.75. The second-order valence-corrected chi connectivity index (χ2v) is 3.93. The van der Waals surface area contributed by atoms with Crippen LogP contribution in [0.3, 0.4) is 0 Å². The van der Waals surface area contributed by atoms with Crippen LogP contribution in [0.25, 0.3) is 0 Å². The van der Waals surface area contributed by atoms with Gasteiger partial charge in [0.15, 0.2) is 0 Å². The van der Waals surface area contributed by atoms with Gasteiger partial charge in [-0.25, -0.2) is 0 Å². The lowest BCUT2D eigenvalue weighted by Crippen LogP contribution is -1.98. The molecule has 0 amide bonds. The zero-order chi connectivity index (χ0) is 13.0. The fourth-order valence-corrected chi connectivity index (χ4v) is 1.65. The van der Waals surface area contributed by atoms with Gasteiger partial charge in [-0.3, -0.25) is 0 Å². The van der Waals surface area contributed by atoms with Gasteiger partial charge in [0.2, 0.25) is 0 Å². The minimum atomic E-state index is 0.629. The van der Waals surface area contributed by atoms with Crippen molar-refractivity contribution >= 4 is 22.7 Å². The Labute approximate surface area is 107 Å². The Morgan fingerprint density at radius 3 is 2.39 bits per heavy atom. The Balaban J connectivity index is 2.13. The van der Waals surface area contributed by atoms with Gasteiger partial charge in [0.05, 0.1) is 18.0 Å². The van der Waals surface area contributed by atoms with E-state index in [9.17, 15) is 0 Å². The van der Waals surface area contributed by atoms with Crippen LogP contribution in [-0.2, 0) is 0 Å². The molecule has 18 heavy (non-hydrogen) atoms. The number of nitrogen functional groups attached to an aromatic ring is 2. The van der Waals surface area contributed by atoms with Gasteiger partial charge in [-0.15, -0.1) is 0 Å². The summed E-state index contributed by atoms with van der Waals surface area (Å²) in [7, 11) is 0. The molecule has 2 aromatic rings. The highest BCUT2D eigenvalue weighted by Crippen LogP contribution is 2.26. The monoisotopic (exact) mass is 243 g/mol. The van der Waals surface area contributed by atoms with Crippen molar-refractivity contribution in [1.29, 1.82) is 0 Å². The van der Waals surface area contributed by atoms with Gasteiger partial charge >= 0.3 is 0 Å². The molecule has 4 nitrogen and oxygen atoms in total. The fraction of sp³-hybridized carbons (Fsp3) is 0.143. The fourth-order valence-electron chi connectivity index (χ4n) is 1.65. The number of hydrogen-bond acceptors (Lipinski definition) is 4. The molecular weight excluding hydrogens is 226 g/mol. The summed E-state index contributed by atoms with van der Waals surface area (Å²) in [5, 5.41) is 3.23. The Kier molecular flexibility index (Phi) is 3.57. The van der Waals surface area contributed by atoms with E-state index in [2.05, 4.69) is 5.32 Å². The van der Waals surface area contributed by atoms with Gasteiger partial charge in [-0.1, -0.05) is 0 Å². The van der Waals surface area contributed by atoms with E-state index in [1.54, 1.807) is 6.07 Å². The molecule has 5 N–H and O–H groups in total. The van der Waals surface area contributed by atoms with Crippen molar-refractivity contribution in [2.45, 2.75) is 6.92 Å². The highest BCUT2D eigenvalue weighted by atomic mass is 16.5. The molecule has 2 aromatic carbocycles. The zero-order valence-electron chi connectivity index (χ0n) is 10.3. The lowest BCUT2D eigenvalue weighted by molar-refractivity contribution is 0.340. The van der Waals surface area contributed by atoms with Crippen LogP contribution in [0.4, 0.5) is 22.7 Å². The average Bonchev–Trinajstić information content (AvgIpc) is 2.35. The van der Waals surface area contributed by atoms with Crippen LogP contribution in [-0.4, -0.2) is 6.61 Å². The van der Waals surface area contributed by atoms with Gasteiger partial charge in [0.25, 0.3) is 0 Å². The topological polar surface area (TPSA) is 73.3 Å². The predicted octanol–water partition coefficient (Wildman–Crippen LogP) is 2.99. The molecule has 0 unspecified atom stereocenters. The Hall–Kier alpha value is -2.36. The summed E-state index contributed by atoms with van der Waals surface area (Å²) in [6, 6.07) is 13.1. The number of hydrogen-bond donors (Lipinski definition) is 3. The van der Waals surface area contributed by atoms with Crippen LogP contribution in [0.15, 0.2) is 42.5 Å². The van der Waals surface area contributed by atoms with Crippen LogP contribution >= 0.6 is 0 Å². The molecule has 0 radical (unpaired) electrons. The number of benzene rings is 2. The first-order valence-corrected chi connectivity index (χ1v) is 5.84. The van der Waals surface area contributed by atoms with Gasteiger partial charge in [0.1, 0.15) is 5.75 Å². The maximum Gasteiger partial charge on any atom is 0.119 e. The second-order valence-electron chi connectivity index (χ2n) is 3.93. The molecule has 0 bridgehead atoms. The summed E-state index contributed by atoms with van der Waals surface area (Å²) in [5.41, 5.74) is 14.6. The zero-order valence-corrected chi connectivity index (χ0v) is 10.3. The molecule has 0 aliphatic carbocycles. The normalized spacial score (nSPS) is 10.1. The first-order valence-electron chi connectivity index (χ1n) is 5.84. The van der Waals surface area contributed by atoms with Crippen LogP contribution in [0.1, 0.15) is 6.92 Å². The maximum atomic E-state index is 5.88. The SMILES string of the molecule is CCOc1ccc(Nc2ccc(N)cc2N)cc1. The molecule has 4 heteroatoms. The van der Waals surface area contributed by atoms with E-state index in [4.69, 9.17) is 16.2 Å². The third kappa shape index (κ3) is 2.85. The van der Waals surface area contributed by atoms with Crippen LogP contribution < -0.4 is 21.5 Å². The van der Waals surface area contributed by atoms with Crippen molar-refractivity contribution in [3.8, 4) is 5.75 Å². The average molecular weight is 243 g/mol. The first-order chi connectivity index (χ1) is 8.69. The summed E-state index contributed by atoms with van der Waals surface area (Å²) in [5.74, 6) is 0.855. The molecule has 0 spiro atoms. The lowest BCUT2D eigenvalue weighted by Gasteiger charge is -2.10. The van der Waals surface area contributed by atoms with Crippen molar-refractivity contribution < 1.29 is 4.74 Å². The van der Waals surface area contributed by atoms with Crippen molar-refractivity contribution in [2.75, 3.05) is 23.4 Å². The van der Waals surface area contributed by atoms with E-state index >= 15 is 0 Å². The lowest BCUT2D eigenvalue weighted by atomic mass is 10.2. The second kappa shape index (κ2) is 5.31. The Morgan fingerprint density at radius 1 is 1.06 bits per heavy atom. The van der Waals surface area contributed by atoms with Crippen LogP contribution in [0.5, 0.6) is 5.75 Å². The molecule has 0 aromatic heterocycles. The van der Waals surface area contributed by atoms with Gasteiger partial charge in [-0.2, -0.15) is 0 Å². The number of nitrogens with two attached hydrogens (primary N) is 2. The number of nitrogens with one attached hydrogen (secondary N) is 1. The minimum Gasteiger partial charge on any atom is -0.494 e. The molecule has 0 atom stereocenters. The predicted molar refractivity (Wildman–Crippen MR) is 76.2 cm³/mol. The van der Waals surface area contributed by atoms with Crippen LogP contribution in [0, 0.1) is 0 Å². The number of rotatable bonds is 4. The third-order valence-electron chi connectivity index (χ3n) is 2.52. The smallest absolute Gasteiger partial charge is 0.119 e. The van der Waals surface area contributed by atoms with Crippen molar-refractivity contribution in [2.24, 2.45) is 0 Å². The summed E-state index contributed by atoms with van der Waals surface area (Å²) >= 11 is 0. The molecule has 0 saturated heterocycles. The van der Waals surface area contributed by atoms with E-state index in [0.29, 0.717) is 18.0 Å².